The smallest absolute Gasteiger partial charge is 0.256 e. The minimum atomic E-state index is -0.658. The Kier molecular flexibility index (Phi) is 4.97. The van der Waals surface area contributed by atoms with Gasteiger partial charge in [0.15, 0.2) is 0 Å². The lowest BCUT2D eigenvalue weighted by Crippen LogP contribution is -2.34. The van der Waals surface area contributed by atoms with E-state index in [0.29, 0.717) is 23.7 Å². The first-order chi connectivity index (χ1) is 12.1. The van der Waals surface area contributed by atoms with Gasteiger partial charge in [0.05, 0.1) is 18.7 Å². The molecule has 0 aliphatic carbocycles. The molecule has 0 saturated carbocycles. The topological polar surface area (TPSA) is 58.6 Å². The first-order valence-electron chi connectivity index (χ1n) is 8.20. The van der Waals surface area contributed by atoms with Gasteiger partial charge in [-0.05, 0) is 55.0 Å². The van der Waals surface area contributed by atoms with Crippen LogP contribution >= 0.6 is 0 Å². The van der Waals surface area contributed by atoms with Crippen molar-refractivity contribution in [3.8, 4) is 5.75 Å². The number of carbonyl (C=O) groups is 2. The standard InChI is InChI=1S/C19H19FN2O3/c1-2-11-25-16-9-7-15(8-10-16)22-18(23)12-17(19(22)24)21-14-5-3-13(20)4-6-14/h3-10,17,21H,2,11-12H2,1H3. The number of rotatable bonds is 6. The fraction of sp³-hybridized carbons (Fsp3) is 0.263. The van der Waals surface area contributed by atoms with E-state index in [1.807, 2.05) is 6.92 Å². The Labute approximate surface area is 145 Å². The molecule has 2 amide bonds. The van der Waals surface area contributed by atoms with E-state index in [9.17, 15) is 14.0 Å². The van der Waals surface area contributed by atoms with Gasteiger partial charge in [0.2, 0.25) is 5.91 Å². The van der Waals surface area contributed by atoms with E-state index < -0.39 is 6.04 Å². The van der Waals surface area contributed by atoms with Crippen LogP contribution in [0.4, 0.5) is 15.8 Å². The number of halogens is 1. The van der Waals surface area contributed by atoms with E-state index in [2.05, 4.69) is 5.32 Å². The number of ether oxygens (including phenoxy) is 1. The molecule has 3 rings (SSSR count). The van der Waals surface area contributed by atoms with E-state index in [4.69, 9.17) is 4.74 Å². The van der Waals surface area contributed by atoms with Gasteiger partial charge in [-0.3, -0.25) is 9.59 Å². The third kappa shape index (κ3) is 3.79. The Bertz CT molecular complexity index is 759. The lowest BCUT2D eigenvalue weighted by Gasteiger charge is -2.16. The predicted octanol–water partition coefficient (Wildman–Crippen LogP) is 3.36. The van der Waals surface area contributed by atoms with Gasteiger partial charge in [-0.2, -0.15) is 0 Å². The normalized spacial score (nSPS) is 17.0. The number of benzene rings is 2. The van der Waals surface area contributed by atoms with Crippen LogP contribution in [0.1, 0.15) is 19.8 Å². The van der Waals surface area contributed by atoms with Crippen molar-refractivity contribution < 1.29 is 18.7 Å². The second kappa shape index (κ2) is 7.34. The molecule has 25 heavy (non-hydrogen) atoms. The van der Waals surface area contributed by atoms with Gasteiger partial charge in [0, 0.05) is 5.69 Å². The summed E-state index contributed by atoms with van der Waals surface area (Å²) in [4.78, 5) is 26.0. The molecule has 0 spiro atoms. The molecule has 0 bridgehead atoms. The van der Waals surface area contributed by atoms with Crippen LogP contribution in [0.25, 0.3) is 0 Å². The summed E-state index contributed by atoms with van der Waals surface area (Å²) in [5.74, 6) is -0.250. The van der Waals surface area contributed by atoms with Crippen molar-refractivity contribution in [1.29, 1.82) is 0 Å². The van der Waals surface area contributed by atoms with Crippen molar-refractivity contribution in [2.45, 2.75) is 25.8 Å². The average molecular weight is 342 g/mol. The van der Waals surface area contributed by atoms with Crippen molar-refractivity contribution in [2.75, 3.05) is 16.8 Å². The molecule has 0 aromatic heterocycles. The van der Waals surface area contributed by atoms with Gasteiger partial charge in [-0.25, -0.2) is 9.29 Å². The van der Waals surface area contributed by atoms with Crippen LogP contribution in [-0.4, -0.2) is 24.5 Å². The van der Waals surface area contributed by atoms with Gasteiger partial charge in [-0.1, -0.05) is 6.92 Å². The highest BCUT2D eigenvalue weighted by molar-refractivity contribution is 6.23. The molecule has 1 heterocycles. The zero-order chi connectivity index (χ0) is 17.8. The van der Waals surface area contributed by atoms with E-state index in [-0.39, 0.29) is 24.1 Å². The maximum absolute atomic E-state index is 13.0. The van der Waals surface area contributed by atoms with Crippen LogP contribution in [0, 0.1) is 5.82 Å². The minimum Gasteiger partial charge on any atom is -0.494 e. The third-order valence-corrected chi connectivity index (χ3v) is 3.90. The predicted molar refractivity (Wildman–Crippen MR) is 93.1 cm³/mol. The SMILES string of the molecule is CCCOc1ccc(N2C(=O)CC(Nc3ccc(F)cc3)C2=O)cc1. The summed E-state index contributed by atoms with van der Waals surface area (Å²) in [5.41, 5.74) is 1.11. The molecule has 130 valence electrons. The van der Waals surface area contributed by atoms with Gasteiger partial charge in [0.1, 0.15) is 17.6 Å². The Morgan fingerprint density at radius 2 is 1.80 bits per heavy atom. The molecule has 0 radical (unpaired) electrons. The molecule has 1 fully saturated rings. The van der Waals surface area contributed by atoms with E-state index in [1.54, 1.807) is 24.3 Å². The summed E-state index contributed by atoms with van der Waals surface area (Å²) in [6.45, 7) is 2.63. The molecular formula is C19H19FN2O3. The van der Waals surface area contributed by atoms with Crippen molar-refractivity contribution in [3.05, 3.63) is 54.3 Å². The van der Waals surface area contributed by atoms with Crippen LogP contribution in [0.3, 0.4) is 0 Å². The molecule has 2 aromatic rings. The number of carbonyl (C=O) groups excluding carboxylic acids is 2. The second-order valence-corrected chi connectivity index (χ2v) is 5.82. The largest absolute Gasteiger partial charge is 0.494 e. The molecule has 1 atom stereocenters. The number of hydrogen-bond donors (Lipinski definition) is 1. The quantitative estimate of drug-likeness (QED) is 0.818. The molecular weight excluding hydrogens is 323 g/mol. The van der Waals surface area contributed by atoms with Gasteiger partial charge in [-0.15, -0.1) is 0 Å². The number of amides is 2. The minimum absolute atomic E-state index is 0.0598. The summed E-state index contributed by atoms with van der Waals surface area (Å²) in [7, 11) is 0. The lowest BCUT2D eigenvalue weighted by molar-refractivity contribution is -0.121. The highest BCUT2D eigenvalue weighted by Gasteiger charge is 2.39. The van der Waals surface area contributed by atoms with Crippen LogP contribution in [-0.2, 0) is 9.59 Å². The number of hydrogen-bond acceptors (Lipinski definition) is 4. The summed E-state index contributed by atoms with van der Waals surface area (Å²) < 4.78 is 18.5. The van der Waals surface area contributed by atoms with Crippen molar-refractivity contribution in [3.63, 3.8) is 0 Å². The van der Waals surface area contributed by atoms with Gasteiger partial charge >= 0.3 is 0 Å². The van der Waals surface area contributed by atoms with Crippen LogP contribution in [0.2, 0.25) is 0 Å². The Morgan fingerprint density at radius 1 is 1.12 bits per heavy atom. The van der Waals surface area contributed by atoms with Gasteiger partial charge < -0.3 is 10.1 Å². The number of anilines is 2. The first-order valence-corrected chi connectivity index (χ1v) is 8.20. The number of nitrogens with zero attached hydrogens (tertiary/aromatic N) is 1. The van der Waals surface area contributed by atoms with E-state index >= 15 is 0 Å². The Morgan fingerprint density at radius 3 is 2.44 bits per heavy atom. The van der Waals surface area contributed by atoms with E-state index in [0.717, 1.165) is 6.42 Å². The van der Waals surface area contributed by atoms with Crippen LogP contribution in [0.5, 0.6) is 5.75 Å². The highest BCUT2D eigenvalue weighted by Crippen LogP contribution is 2.26. The summed E-state index contributed by atoms with van der Waals surface area (Å²) in [6.07, 6.45) is 0.964. The van der Waals surface area contributed by atoms with Crippen LogP contribution < -0.4 is 15.0 Å². The first kappa shape index (κ1) is 17.0. The van der Waals surface area contributed by atoms with Crippen LogP contribution in [0.15, 0.2) is 48.5 Å². The zero-order valence-corrected chi connectivity index (χ0v) is 13.9. The molecule has 1 saturated heterocycles. The zero-order valence-electron chi connectivity index (χ0n) is 13.9. The monoisotopic (exact) mass is 342 g/mol. The Hall–Kier alpha value is -2.89. The number of imide groups is 1. The van der Waals surface area contributed by atoms with Crippen molar-refractivity contribution >= 4 is 23.2 Å². The fourth-order valence-electron chi connectivity index (χ4n) is 2.67. The van der Waals surface area contributed by atoms with E-state index in [1.165, 1.54) is 29.2 Å². The van der Waals surface area contributed by atoms with Gasteiger partial charge in [0.25, 0.3) is 5.91 Å². The molecule has 1 unspecified atom stereocenters. The average Bonchev–Trinajstić information content (AvgIpc) is 2.89. The molecule has 6 heteroatoms. The lowest BCUT2D eigenvalue weighted by atomic mass is 10.2. The second-order valence-electron chi connectivity index (χ2n) is 5.82. The summed E-state index contributed by atoms with van der Waals surface area (Å²) in [6, 6.07) is 11.9. The maximum atomic E-state index is 13.0. The number of nitrogens with one attached hydrogen (secondary N) is 1. The highest BCUT2D eigenvalue weighted by atomic mass is 19.1. The molecule has 2 aromatic carbocycles. The third-order valence-electron chi connectivity index (χ3n) is 3.90. The Balaban J connectivity index is 1.71. The molecule has 1 aliphatic heterocycles. The fourth-order valence-corrected chi connectivity index (χ4v) is 2.67. The summed E-state index contributed by atoms with van der Waals surface area (Å²) >= 11 is 0. The maximum Gasteiger partial charge on any atom is 0.256 e. The molecule has 1 N–H and O–H groups in total. The van der Waals surface area contributed by atoms with Crippen molar-refractivity contribution in [1.82, 2.24) is 0 Å². The van der Waals surface area contributed by atoms with Crippen molar-refractivity contribution in [2.24, 2.45) is 0 Å². The molecule has 1 aliphatic rings. The summed E-state index contributed by atoms with van der Waals surface area (Å²) in [5, 5.41) is 2.98. The molecule has 5 nitrogen and oxygen atoms in total.